The zero-order chi connectivity index (χ0) is 13.2. The van der Waals surface area contributed by atoms with Gasteiger partial charge in [-0.1, -0.05) is 44.2 Å². The lowest BCUT2D eigenvalue weighted by molar-refractivity contribution is 0.147. The lowest BCUT2D eigenvalue weighted by atomic mass is 9.80. The molecule has 2 nitrogen and oxygen atoms in total. The molecule has 0 radical (unpaired) electrons. The Morgan fingerprint density at radius 1 is 1.33 bits per heavy atom. The molecule has 1 aliphatic heterocycles. The third kappa shape index (κ3) is 2.93. The highest BCUT2D eigenvalue weighted by atomic mass is 15.2. The van der Waals surface area contributed by atoms with E-state index in [0.29, 0.717) is 6.04 Å². The van der Waals surface area contributed by atoms with Crippen molar-refractivity contribution in [3.05, 3.63) is 35.9 Å². The second-order valence-electron chi connectivity index (χ2n) is 6.34. The first-order valence-corrected chi connectivity index (χ1v) is 7.05. The van der Waals surface area contributed by atoms with E-state index in [1.54, 1.807) is 0 Å². The van der Waals surface area contributed by atoms with Gasteiger partial charge in [0.05, 0.1) is 0 Å². The molecule has 1 saturated heterocycles. The molecule has 18 heavy (non-hydrogen) atoms. The van der Waals surface area contributed by atoms with Gasteiger partial charge in [-0.3, -0.25) is 0 Å². The Hall–Kier alpha value is -0.860. The van der Waals surface area contributed by atoms with E-state index in [2.05, 4.69) is 49.9 Å². The minimum atomic E-state index is 0.103. The summed E-state index contributed by atoms with van der Waals surface area (Å²) in [5, 5.41) is 0. The standard InChI is InChI=1S/C16H26N2/c1-13-8-7-11-18(13)12-16(2,3)15(17)14-9-5-4-6-10-14/h4-6,9-10,13,15H,7-8,11-12,17H2,1-3H3. The van der Waals surface area contributed by atoms with Crippen LogP contribution in [0.1, 0.15) is 45.2 Å². The van der Waals surface area contributed by atoms with E-state index in [1.165, 1.54) is 24.9 Å². The van der Waals surface area contributed by atoms with Gasteiger partial charge in [0.1, 0.15) is 0 Å². The van der Waals surface area contributed by atoms with Crippen molar-refractivity contribution in [1.82, 2.24) is 4.90 Å². The van der Waals surface area contributed by atoms with Crippen molar-refractivity contribution in [3.63, 3.8) is 0 Å². The van der Waals surface area contributed by atoms with Crippen molar-refractivity contribution in [3.8, 4) is 0 Å². The molecule has 0 saturated carbocycles. The van der Waals surface area contributed by atoms with Crippen molar-refractivity contribution in [2.24, 2.45) is 11.1 Å². The molecule has 2 N–H and O–H groups in total. The van der Waals surface area contributed by atoms with E-state index in [0.717, 1.165) is 6.54 Å². The Morgan fingerprint density at radius 3 is 2.56 bits per heavy atom. The van der Waals surface area contributed by atoms with Crippen LogP contribution in [0.5, 0.6) is 0 Å². The second kappa shape index (κ2) is 5.41. The van der Waals surface area contributed by atoms with Gasteiger partial charge in [-0.05, 0) is 37.3 Å². The van der Waals surface area contributed by atoms with Gasteiger partial charge in [-0.2, -0.15) is 0 Å². The first-order valence-electron chi connectivity index (χ1n) is 7.05. The summed E-state index contributed by atoms with van der Waals surface area (Å²) in [4.78, 5) is 2.59. The fraction of sp³-hybridized carbons (Fsp3) is 0.625. The van der Waals surface area contributed by atoms with Crippen LogP contribution in [-0.2, 0) is 0 Å². The zero-order valence-corrected chi connectivity index (χ0v) is 11.9. The third-order valence-electron chi connectivity index (χ3n) is 4.30. The summed E-state index contributed by atoms with van der Waals surface area (Å²) in [5.41, 5.74) is 7.83. The average Bonchev–Trinajstić information content (AvgIpc) is 2.74. The Balaban J connectivity index is 2.06. The van der Waals surface area contributed by atoms with E-state index < -0.39 is 0 Å². The minimum absolute atomic E-state index is 0.103. The monoisotopic (exact) mass is 246 g/mol. The number of rotatable bonds is 4. The number of benzene rings is 1. The number of hydrogen-bond donors (Lipinski definition) is 1. The second-order valence-corrected chi connectivity index (χ2v) is 6.34. The molecule has 0 bridgehead atoms. The third-order valence-corrected chi connectivity index (χ3v) is 4.30. The van der Waals surface area contributed by atoms with Crippen LogP contribution < -0.4 is 5.73 Å². The lowest BCUT2D eigenvalue weighted by Crippen LogP contribution is -2.42. The minimum Gasteiger partial charge on any atom is -0.323 e. The Labute approximate surface area is 111 Å². The van der Waals surface area contributed by atoms with Gasteiger partial charge in [0.25, 0.3) is 0 Å². The van der Waals surface area contributed by atoms with Gasteiger partial charge < -0.3 is 10.6 Å². The van der Waals surface area contributed by atoms with Crippen molar-refractivity contribution >= 4 is 0 Å². The van der Waals surface area contributed by atoms with Crippen molar-refractivity contribution < 1.29 is 0 Å². The largest absolute Gasteiger partial charge is 0.323 e. The summed E-state index contributed by atoms with van der Waals surface area (Å²) in [7, 11) is 0. The molecule has 2 heteroatoms. The maximum Gasteiger partial charge on any atom is 0.0359 e. The summed E-state index contributed by atoms with van der Waals surface area (Å²) in [6, 6.07) is 11.3. The molecule has 2 rings (SSSR count). The Bertz CT molecular complexity index is 372. The molecule has 0 aliphatic carbocycles. The molecule has 1 heterocycles. The first kappa shape index (κ1) is 13.6. The van der Waals surface area contributed by atoms with Gasteiger partial charge in [0.2, 0.25) is 0 Å². The maximum atomic E-state index is 6.47. The molecule has 2 unspecified atom stereocenters. The van der Waals surface area contributed by atoms with E-state index >= 15 is 0 Å². The highest BCUT2D eigenvalue weighted by molar-refractivity contribution is 5.20. The Morgan fingerprint density at radius 2 is 2.00 bits per heavy atom. The smallest absolute Gasteiger partial charge is 0.0359 e. The molecule has 0 amide bonds. The van der Waals surface area contributed by atoms with Gasteiger partial charge in [-0.15, -0.1) is 0 Å². The molecule has 100 valence electrons. The number of likely N-dealkylation sites (tertiary alicyclic amines) is 1. The van der Waals surface area contributed by atoms with Crippen molar-refractivity contribution in [1.29, 1.82) is 0 Å². The van der Waals surface area contributed by atoms with Gasteiger partial charge in [0.15, 0.2) is 0 Å². The summed E-state index contributed by atoms with van der Waals surface area (Å²) in [6.07, 6.45) is 2.66. The Kier molecular flexibility index (Phi) is 4.08. The SMILES string of the molecule is CC1CCCN1CC(C)(C)C(N)c1ccccc1. The van der Waals surface area contributed by atoms with Crippen LogP contribution in [0, 0.1) is 5.41 Å². The predicted molar refractivity (Wildman–Crippen MR) is 77.4 cm³/mol. The predicted octanol–water partition coefficient (Wildman–Crippen LogP) is 3.20. The fourth-order valence-corrected chi connectivity index (χ4v) is 2.96. The summed E-state index contributed by atoms with van der Waals surface area (Å²) >= 11 is 0. The van der Waals surface area contributed by atoms with Crippen LogP contribution in [0.4, 0.5) is 0 Å². The topological polar surface area (TPSA) is 29.3 Å². The van der Waals surface area contributed by atoms with E-state index in [1.807, 2.05) is 6.07 Å². The molecule has 1 fully saturated rings. The first-order chi connectivity index (χ1) is 8.50. The highest BCUT2D eigenvalue weighted by Gasteiger charge is 2.32. The van der Waals surface area contributed by atoms with Crippen LogP contribution in [0.15, 0.2) is 30.3 Å². The molecular formula is C16H26N2. The van der Waals surface area contributed by atoms with Gasteiger partial charge >= 0.3 is 0 Å². The van der Waals surface area contributed by atoms with E-state index in [9.17, 15) is 0 Å². The lowest BCUT2D eigenvalue weighted by Gasteiger charge is -2.37. The molecular weight excluding hydrogens is 220 g/mol. The molecule has 1 aromatic rings. The molecule has 0 spiro atoms. The van der Waals surface area contributed by atoms with E-state index in [-0.39, 0.29) is 11.5 Å². The zero-order valence-electron chi connectivity index (χ0n) is 11.9. The fourth-order valence-electron chi connectivity index (χ4n) is 2.96. The van der Waals surface area contributed by atoms with E-state index in [4.69, 9.17) is 5.73 Å². The maximum absolute atomic E-state index is 6.47. The summed E-state index contributed by atoms with van der Waals surface area (Å²) < 4.78 is 0. The van der Waals surface area contributed by atoms with Crippen LogP contribution in [0.3, 0.4) is 0 Å². The number of nitrogens with two attached hydrogens (primary N) is 1. The molecule has 2 atom stereocenters. The quantitative estimate of drug-likeness (QED) is 0.884. The normalized spacial score (nSPS) is 23.2. The van der Waals surface area contributed by atoms with Crippen LogP contribution >= 0.6 is 0 Å². The summed E-state index contributed by atoms with van der Waals surface area (Å²) in [5.74, 6) is 0. The van der Waals surface area contributed by atoms with Gasteiger partial charge in [0, 0.05) is 18.6 Å². The average molecular weight is 246 g/mol. The van der Waals surface area contributed by atoms with Crippen molar-refractivity contribution in [2.45, 2.75) is 45.7 Å². The van der Waals surface area contributed by atoms with Crippen LogP contribution in [0.2, 0.25) is 0 Å². The van der Waals surface area contributed by atoms with Crippen LogP contribution in [0.25, 0.3) is 0 Å². The van der Waals surface area contributed by atoms with Crippen LogP contribution in [-0.4, -0.2) is 24.0 Å². The number of hydrogen-bond acceptors (Lipinski definition) is 2. The molecule has 1 aromatic carbocycles. The number of nitrogens with zero attached hydrogens (tertiary/aromatic N) is 1. The van der Waals surface area contributed by atoms with Gasteiger partial charge in [-0.25, -0.2) is 0 Å². The summed E-state index contributed by atoms with van der Waals surface area (Å²) in [6.45, 7) is 9.22. The highest BCUT2D eigenvalue weighted by Crippen LogP contribution is 2.34. The van der Waals surface area contributed by atoms with Crippen molar-refractivity contribution in [2.75, 3.05) is 13.1 Å². The molecule has 1 aliphatic rings. The molecule has 0 aromatic heterocycles.